The van der Waals surface area contributed by atoms with Crippen molar-refractivity contribution in [1.29, 1.82) is 0 Å². The number of allylic oxidation sites excluding steroid dienone is 2. The van der Waals surface area contributed by atoms with Crippen LogP contribution in [0, 0.1) is 0 Å². The third-order valence-electron chi connectivity index (χ3n) is 5.50. The Morgan fingerprint density at radius 3 is 1.81 bits per heavy atom. The second-order valence-corrected chi connectivity index (χ2v) is 7.28. The van der Waals surface area contributed by atoms with Gasteiger partial charge in [-0.2, -0.15) is 0 Å². The second kappa shape index (κ2) is 7.71. The summed E-state index contributed by atoms with van der Waals surface area (Å²) in [5, 5.41) is 19.4. The fourth-order valence-electron chi connectivity index (χ4n) is 4.14. The van der Waals surface area contributed by atoms with Crippen molar-refractivity contribution in [1.82, 2.24) is 0 Å². The molecule has 0 saturated carbocycles. The van der Waals surface area contributed by atoms with Crippen LogP contribution in [0.1, 0.15) is 47.8 Å². The average molecular weight is 356 g/mol. The van der Waals surface area contributed by atoms with E-state index in [9.17, 15) is 10.2 Å². The molecule has 1 aliphatic rings. The van der Waals surface area contributed by atoms with Gasteiger partial charge in [0, 0.05) is 5.92 Å². The van der Waals surface area contributed by atoms with Crippen molar-refractivity contribution in [3.05, 3.63) is 107 Å². The summed E-state index contributed by atoms with van der Waals surface area (Å²) >= 11 is 0. The van der Waals surface area contributed by atoms with E-state index in [0.717, 1.165) is 12.8 Å². The SMILES string of the molecule is Oc1ccc(C(C2=CCC[C@@H](c3ccccc3)C2)c2ccc(O)cc2)cc1. The highest BCUT2D eigenvalue weighted by molar-refractivity contribution is 5.45. The first-order valence-electron chi connectivity index (χ1n) is 9.52. The van der Waals surface area contributed by atoms with Crippen LogP contribution in [0.5, 0.6) is 11.5 Å². The van der Waals surface area contributed by atoms with E-state index in [1.54, 1.807) is 24.3 Å². The molecule has 1 aliphatic carbocycles. The largest absolute Gasteiger partial charge is 0.508 e. The molecule has 136 valence electrons. The van der Waals surface area contributed by atoms with Crippen LogP contribution in [0.2, 0.25) is 0 Å². The van der Waals surface area contributed by atoms with E-state index < -0.39 is 0 Å². The monoisotopic (exact) mass is 356 g/mol. The van der Waals surface area contributed by atoms with Crippen LogP contribution in [0.25, 0.3) is 0 Å². The number of benzene rings is 3. The van der Waals surface area contributed by atoms with E-state index in [2.05, 4.69) is 36.4 Å². The van der Waals surface area contributed by atoms with Gasteiger partial charge < -0.3 is 10.2 Å². The molecule has 4 rings (SSSR count). The summed E-state index contributed by atoms with van der Waals surface area (Å²) in [5.41, 5.74) is 5.14. The van der Waals surface area contributed by atoms with Gasteiger partial charge in [0.15, 0.2) is 0 Å². The van der Waals surface area contributed by atoms with Crippen molar-refractivity contribution in [2.45, 2.75) is 31.1 Å². The van der Waals surface area contributed by atoms with Crippen molar-refractivity contribution >= 4 is 0 Å². The molecule has 0 unspecified atom stereocenters. The molecule has 0 fully saturated rings. The van der Waals surface area contributed by atoms with Crippen LogP contribution in [-0.4, -0.2) is 10.2 Å². The minimum atomic E-state index is 0.137. The molecule has 0 aliphatic heterocycles. The molecule has 2 heteroatoms. The van der Waals surface area contributed by atoms with Gasteiger partial charge in [-0.05, 0) is 66.1 Å². The Balaban J connectivity index is 1.70. The number of phenols is 2. The maximum atomic E-state index is 9.70. The normalized spacial score (nSPS) is 16.9. The standard InChI is InChI=1S/C25H24O2/c26-23-13-9-19(10-14-23)25(20-11-15-24(27)16-12-20)22-8-4-7-21(17-22)18-5-2-1-3-6-18/h1-3,5-6,8-16,21,25-27H,4,7,17H2/t21-/m1/s1. The predicted molar refractivity (Wildman–Crippen MR) is 109 cm³/mol. The topological polar surface area (TPSA) is 40.5 Å². The van der Waals surface area contributed by atoms with Crippen LogP contribution in [0.3, 0.4) is 0 Å². The average Bonchev–Trinajstić information content (AvgIpc) is 2.72. The quantitative estimate of drug-likeness (QED) is 0.553. The van der Waals surface area contributed by atoms with Crippen LogP contribution in [0.4, 0.5) is 0 Å². The highest BCUT2D eigenvalue weighted by atomic mass is 16.3. The van der Waals surface area contributed by atoms with Gasteiger partial charge in [-0.15, -0.1) is 0 Å². The van der Waals surface area contributed by atoms with Crippen LogP contribution in [-0.2, 0) is 0 Å². The highest BCUT2D eigenvalue weighted by Gasteiger charge is 2.25. The summed E-state index contributed by atoms with van der Waals surface area (Å²) in [6, 6.07) is 25.8. The zero-order chi connectivity index (χ0) is 18.6. The fraction of sp³-hybridized carbons (Fsp3) is 0.200. The molecule has 0 radical (unpaired) electrons. The highest BCUT2D eigenvalue weighted by Crippen LogP contribution is 2.42. The van der Waals surface area contributed by atoms with E-state index in [0.29, 0.717) is 5.92 Å². The molecule has 3 aromatic carbocycles. The minimum absolute atomic E-state index is 0.137. The number of rotatable bonds is 4. The first-order chi connectivity index (χ1) is 13.2. The summed E-state index contributed by atoms with van der Waals surface area (Å²) in [7, 11) is 0. The Bertz CT molecular complexity index is 863. The lowest BCUT2D eigenvalue weighted by molar-refractivity contribution is 0.475. The Morgan fingerprint density at radius 1 is 0.704 bits per heavy atom. The molecule has 1 atom stereocenters. The van der Waals surface area contributed by atoms with Crippen LogP contribution in [0.15, 0.2) is 90.5 Å². The van der Waals surface area contributed by atoms with Crippen molar-refractivity contribution in [3.63, 3.8) is 0 Å². The lowest BCUT2D eigenvalue weighted by atomic mass is 9.75. The molecule has 0 spiro atoms. The molecular weight excluding hydrogens is 332 g/mol. The molecule has 0 heterocycles. The Hall–Kier alpha value is -3.00. The molecular formula is C25H24O2. The van der Waals surface area contributed by atoms with Gasteiger partial charge in [-0.3, -0.25) is 0 Å². The van der Waals surface area contributed by atoms with Crippen LogP contribution >= 0.6 is 0 Å². The zero-order valence-corrected chi connectivity index (χ0v) is 15.3. The smallest absolute Gasteiger partial charge is 0.115 e. The second-order valence-electron chi connectivity index (χ2n) is 7.28. The maximum Gasteiger partial charge on any atom is 0.115 e. The summed E-state index contributed by atoms with van der Waals surface area (Å²) < 4.78 is 0. The number of hydrogen-bond acceptors (Lipinski definition) is 2. The van der Waals surface area contributed by atoms with Gasteiger partial charge in [0.05, 0.1) is 0 Å². The van der Waals surface area contributed by atoms with E-state index >= 15 is 0 Å². The molecule has 0 amide bonds. The Morgan fingerprint density at radius 2 is 1.26 bits per heavy atom. The predicted octanol–water partition coefficient (Wildman–Crippen LogP) is 6.12. The van der Waals surface area contributed by atoms with E-state index in [1.165, 1.54) is 28.7 Å². The number of hydrogen-bond donors (Lipinski definition) is 2. The van der Waals surface area contributed by atoms with Crippen molar-refractivity contribution in [3.8, 4) is 11.5 Å². The van der Waals surface area contributed by atoms with Crippen molar-refractivity contribution < 1.29 is 10.2 Å². The van der Waals surface area contributed by atoms with Crippen LogP contribution < -0.4 is 0 Å². The molecule has 2 N–H and O–H groups in total. The number of phenolic OH excluding ortho intramolecular Hbond substituents is 2. The van der Waals surface area contributed by atoms with E-state index in [1.807, 2.05) is 24.3 Å². The lowest BCUT2D eigenvalue weighted by Gasteiger charge is -2.29. The van der Waals surface area contributed by atoms with E-state index in [-0.39, 0.29) is 17.4 Å². The zero-order valence-electron chi connectivity index (χ0n) is 15.3. The summed E-state index contributed by atoms with van der Waals surface area (Å²) in [4.78, 5) is 0. The number of aromatic hydroxyl groups is 2. The molecule has 27 heavy (non-hydrogen) atoms. The first kappa shape index (κ1) is 17.4. The summed E-state index contributed by atoms with van der Waals surface area (Å²) in [6.07, 6.45) is 5.65. The third kappa shape index (κ3) is 3.90. The van der Waals surface area contributed by atoms with E-state index in [4.69, 9.17) is 0 Å². The van der Waals surface area contributed by atoms with Gasteiger partial charge in [0.2, 0.25) is 0 Å². The minimum Gasteiger partial charge on any atom is -0.508 e. The maximum absolute atomic E-state index is 9.70. The summed E-state index contributed by atoms with van der Waals surface area (Å²) in [5.74, 6) is 1.23. The molecule has 2 nitrogen and oxygen atoms in total. The fourth-order valence-corrected chi connectivity index (χ4v) is 4.14. The Labute approximate surface area is 160 Å². The third-order valence-corrected chi connectivity index (χ3v) is 5.50. The Kier molecular flexibility index (Phi) is 4.97. The molecule has 0 bridgehead atoms. The summed E-state index contributed by atoms with van der Waals surface area (Å²) in [6.45, 7) is 0. The van der Waals surface area contributed by atoms with Gasteiger partial charge in [0.25, 0.3) is 0 Å². The lowest BCUT2D eigenvalue weighted by Crippen LogP contribution is -2.12. The molecule has 0 saturated heterocycles. The van der Waals surface area contributed by atoms with Gasteiger partial charge in [-0.1, -0.05) is 66.2 Å². The van der Waals surface area contributed by atoms with Gasteiger partial charge in [0.1, 0.15) is 11.5 Å². The van der Waals surface area contributed by atoms with Crippen molar-refractivity contribution in [2.24, 2.45) is 0 Å². The molecule has 0 aromatic heterocycles. The van der Waals surface area contributed by atoms with Gasteiger partial charge in [-0.25, -0.2) is 0 Å². The molecule has 3 aromatic rings. The van der Waals surface area contributed by atoms with Gasteiger partial charge >= 0.3 is 0 Å². The van der Waals surface area contributed by atoms with Crippen molar-refractivity contribution in [2.75, 3.05) is 0 Å². The first-order valence-corrected chi connectivity index (χ1v) is 9.52.